The highest BCUT2D eigenvalue weighted by atomic mass is 32.1. The van der Waals surface area contributed by atoms with Crippen LogP contribution in [0.5, 0.6) is 5.75 Å². The van der Waals surface area contributed by atoms with Crippen molar-refractivity contribution >= 4 is 24.3 Å². The summed E-state index contributed by atoms with van der Waals surface area (Å²) in [5.41, 5.74) is 2.34. The molecule has 3 aromatic rings. The zero-order chi connectivity index (χ0) is 17.7. The summed E-state index contributed by atoms with van der Waals surface area (Å²) >= 11 is 0. The molecule has 2 saturated heterocycles. The number of epoxide rings is 2. The average Bonchev–Trinajstić information content (AvgIpc) is 3.55. The second kappa shape index (κ2) is 6.86. The van der Waals surface area contributed by atoms with Gasteiger partial charge >= 0.3 is 0 Å². The lowest BCUT2D eigenvalue weighted by atomic mass is 9.94. The van der Waals surface area contributed by atoms with Gasteiger partial charge < -0.3 is 14.2 Å². The molecule has 0 amide bonds. The Bertz CT molecular complexity index is 965. The van der Waals surface area contributed by atoms with Crippen molar-refractivity contribution < 1.29 is 14.2 Å². The minimum absolute atomic E-state index is 0. The van der Waals surface area contributed by atoms with Gasteiger partial charge in [0, 0.05) is 5.56 Å². The van der Waals surface area contributed by atoms with Crippen LogP contribution in [-0.4, -0.2) is 18.3 Å². The molecular weight excluding hydrogens is 356 g/mol. The standard InChI is InChI=1S/C12H10O.C11H12O2.H2S/c1-2-4-10-7-11(12-8-13-12)6-5-9(10)3-1;1-11(2)10-9(12-10)7-5-3-4-6-8(7)13-11;/h1-7,12H,8H2;3-6,9-10H,1-2H3;1H2. The van der Waals surface area contributed by atoms with Gasteiger partial charge in [0.25, 0.3) is 0 Å². The molecule has 0 radical (unpaired) electrons. The highest BCUT2D eigenvalue weighted by molar-refractivity contribution is 7.59. The Morgan fingerprint density at radius 3 is 2.37 bits per heavy atom. The first-order valence-corrected chi connectivity index (χ1v) is 9.15. The highest BCUT2D eigenvalue weighted by Crippen LogP contribution is 2.53. The van der Waals surface area contributed by atoms with Gasteiger partial charge in [0.05, 0.1) is 6.61 Å². The molecule has 3 unspecified atom stereocenters. The van der Waals surface area contributed by atoms with Gasteiger partial charge in [-0.15, -0.1) is 0 Å². The normalized spacial score (nSPS) is 25.6. The fraction of sp³-hybridized carbons (Fsp3) is 0.304. The van der Waals surface area contributed by atoms with Crippen LogP contribution in [0.1, 0.15) is 37.2 Å². The van der Waals surface area contributed by atoms with Gasteiger partial charge in [-0.2, -0.15) is 13.5 Å². The van der Waals surface area contributed by atoms with Gasteiger partial charge in [-0.3, -0.25) is 0 Å². The van der Waals surface area contributed by atoms with E-state index in [0.29, 0.717) is 6.10 Å². The number of ether oxygens (including phenoxy) is 3. The Hall–Kier alpha value is -2.01. The molecule has 3 aliphatic heterocycles. The van der Waals surface area contributed by atoms with Crippen LogP contribution in [0.4, 0.5) is 0 Å². The monoisotopic (exact) mass is 380 g/mol. The minimum Gasteiger partial charge on any atom is -0.485 e. The zero-order valence-corrected chi connectivity index (χ0v) is 16.5. The number of hydrogen-bond donors (Lipinski definition) is 0. The summed E-state index contributed by atoms with van der Waals surface area (Å²) in [5, 5.41) is 2.60. The van der Waals surface area contributed by atoms with Crippen LogP contribution < -0.4 is 4.74 Å². The van der Waals surface area contributed by atoms with Gasteiger partial charge in [-0.25, -0.2) is 0 Å². The molecule has 4 heteroatoms. The summed E-state index contributed by atoms with van der Waals surface area (Å²) in [7, 11) is 0. The molecule has 3 aliphatic rings. The molecule has 0 saturated carbocycles. The molecule has 3 aromatic carbocycles. The average molecular weight is 381 g/mol. The summed E-state index contributed by atoms with van der Waals surface area (Å²) in [5.74, 6) is 0.978. The van der Waals surface area contributed by atoms with Crippen LogP contribution in [-0.2, 0) is 9.47 Å². The van der Waals surface area contributed by atoms with E-state index in [-0.39, 0.29) is 31.3 Å². The van der Waals surface area contributed by atoms with E-state index in [9.17, 15) is 0 Å². The summed E-state index contributed by atoms with van der Waals surface area (Å²) in [4.78, 5) is 0. The fourth-order valence-electron chi connectivity index (χ4n) is 3.68. The van der Waals surface area contributed by atoms with E-state index in [2.05, 4.69) is 62.4 Å². The van der Waals surface area contributed by atoms with E-state index >= 15 is 0 Å². The predicted molar refractivity (Wildman–Crippen MR) is 112 cm³/mol. The SMILES string of the molecule is CC1(C)Oc2ccccc2C2OC21.S.c1ccc2cc(C3CO3)ccc2c1. The first-order valence-electron chi connectivity index (χ1n) is 9.15. The van der Waals surface area contributed by atoms with Crippen LogP contribution in [0, 0.1) is 0 Å². The topological polar surface area (TPSA) is 34.3 Å². The Morgan fingerprint density at radius 2 is 1.59 bits per heavy atom. The van der Waals surface area contributed by atoms with E-state index in [4.69, 9.17) is 14.2 Å². The molecule has 2 fully saturated rings. The van der Waals surface area contributed by atoms with Crippen molar-refractivity contribution in [1.82, 2.24) is 0 Å². The highest BCUT2D eigenvalue weighted by Gasteiger charge is 2.56. The second-order valence-electron chi connectivity index (χ2n) is 7.65. The molecular formula is C23H24O3S. The summed E-state index contributed by atoms with van der Waals surface area (Å²) in [6.07, 6.45) is 0.895. The van der Waals surface area contributed by atoms with Gasteiger partial charge in [-0.1, -0.05) is 54.6 Å². The second-order valence-corrected chi connectivity index (χ2v) is 7.65. The molecule has 0 aliphatic carbocycles. The number of para-hydroxylation sites is 1. The van der Waals surface area contributed by atoms with Crippen molar-refractivity contribution in [3.63, 3.8) is 0 Å². The van der Waals surface area contributed by atoms with E-state index in [0.717, 1.165) is 12.4 Å². The first-order chi connectivity index (χ1) is 12.6. The number of hydrogen-bond acceptors (Lipinski definition) is 3. The predicted octanol–water partition coefficient (Wildman–Crippen LogP) is 5.32. The summed E-state index contributed by atoms with van der Waals surface area (Å²) in [6, 6.07) is 23.0. The van der Waals surface area contributed by atoms with E-state index < -0.39 is 0 Å². The molecule has 3 nitrogen and oxygen atoms in total. The van der Waals surface area contributed by atoms with Crippen molar-refractivity contribution in [2.24, 2.45) is 0 Å². The largest absolute Gasteiger partial charge is 0.485 e. The van der Waals surface area contributed by atoms with Gasteiger partial charge in [0.2, 0.25) is 0 Å². The molecule has 3 atom stereocenters. The lowest BCUT2D eigenvalue weighted by molar-refractivity contribution is 0.0725. The minimum atomic E-state index is -0.168. The summed E-state index contributed by atoms with van der Waals surface area (Å²) in [6.45, 7) is 5.04. The van der Waals surface area contributed by atoms with Crippen LogP contribution in [0.15, 0.2) is 66.7 Å². The van der Waals surface area contributed by atoms with Crippen LogP contribution in [0.2, 0.25) is 0 Å². The molecule has 0 N–H and O–H groups in total. The zero-order valence-electron chi connectivity index (χ0n) is 15.5. The third kappa shape index (κ3) is 3.57. The smallest absolute Gasteiger partial charge is 0.132 e. The molecule has 3 heterocycles. The van der Waals surface area contributed by atoms with Crippen molar-refractivity contribution in [3.05, 3.63) is 77.9 Å². The van der Waals surface area contributed by atoms with Crippen molar-refractivity contribution in [2.75, 3.05) is 6.61 Å². The Kier molecular flexibility index (Phi) is 4.66. The van der Waals surface area contributed by atoms with E-state index in [1.54, 1.807) is 0 Å². The maximum absolute atomic E-state index is 5.85. The van der Waals surface area contributed by atoms with E-state index in [1.807, 2.05) is 18.2 Å². The molecule has 140 valence electrons. The third-order valence-corrected chi connectivity index (χ3v) is 5.25. The quantitative estimate of drug-likeness (QED) is 0.536. The van der Waals surface area contributed by atoms with Crippen molar-refractivity contribution in [3.8, 4) is 5.75 Å². The van der Waals surface area contributed by atoms with Crippen LogP contribution in [0.25, 0.3) is 10.8 Å². The number of benzene rings is 3. The van der Waals surface area contributed by atoms with Gasteiger partial charge in [0.1, 0.15) is 29.7 Å². The lowest BCUT2D eigenvalue weighted by Gasteiger charge is -2.29. The lowest BCUT2D eigenvalue weighted by Crippen LogP contribution is -2.37. The maximum atomic E-state index is 5.85. The van der Waals surface area contributed by atoms with Crippen molar-refractivity contribution in [2.45, 2.75) is 37.8 Å². The molecule has 0 aromatic heterocycles. The van der Waals surface area contributed by atoms with Crippen LogP contribution in [0.3, 0.4) is 0 Å². The maximum Gasteiger partial charge on any atom is 0.132 e. The fourth-order valence-corrected chi connectivity index (χ4v) is 3.68. The molecule has 6 rings (SSSR count). The Morgan fingerprint density at radius 1 is 0.889 bits per heavy atom. The number of fused-ring (bicyclic) bond motifs is 4. The molecule has 0 spiro atoms. The molecule has 27 heavy (non-hydrogen) atoms. The van der Waals surface area contributed by atoms with Crippen molar-refractivity contribution in [1.29, 1.82) is 0 Å². The van der Waals surface area contributed by atoms with Crippen LogP contribution >= 0.6 is 13.5 Å². The molecule has 0 bridgehead atoms. The summed E-state index contributed by atoms with van der Waals surface area (Å²) < 4.78 is 16.7. The first kappa shape index (κ1) is 18.4. The van der Waals surface area contributed by atoms with Gasteiger partial charge in [-0.05, 0) is 42.3 Å². The third-order valence-electron chi connectivity index (χ3n) is 5.25. The Balaban J connectivity index is 0.000000129. The van der Waals surface area contributed by atoms with E-state index in [1.165, 1.54) is 21.9 Å². The number of rotatable bonds is 1. The Labute approximate surface area is 166 Å². The van der Waals surface area contributed by atoms with Gasteiger partial charge in [0.15, 0.2) is 0 Å².